The lowest BCUT2D eigenvalue weighted by atomic mass is 10.2. The Labute approximate surface area is 112 Å². The van der Waals surface area contributed by atoms with Crippen molar-refractivity contribution in [2.45, 2.75) is 18.9 Å². The second kappa shape index (κ2) is 4.55. The third kappa shape index (κ3) is 2.07. The lowest BCUT2D eigenvalue weighted by molar-refractivity contribution is 0.266. The number of anilines is 1. The van der Waals surface area contributed by atoms with E-state index in [1.165, 1.54) is 4.70 Å². The quantitative estimate of drug-likeness (QED) is 0.926. The maximum absolute atomic E-state index is 9.34. The highest BCUT2D eigenvalue weighted by molar-refractivity contribution is 9.10. The summed E-state index contributed by atoms with van der Waals surface area (Å²) in [5.74, 6) is 0. The number of aromatic nitrogens is 1. The Balaban J connectivity index is 2.00. The summed E-state index contributed by atoms with van der Waals surface area (Å²) in [6.07, 6.45) is 2.21. The number of rotatable bonds is 2. The molecule has 1 N–H and O–H groups in total. The summed E-state index contributed by atoms with van der Waals surface area (Å²) < 4.78 is 2.28. The summed E-state index contributed by atoms with van der Waals surface area (Å²) in [6, 6.07) is 6.39. The van der Waals surface area contributed by atoms with Crippen LogP contribution < -0.4 is 4.90 Å². The van der Waals surface area contributed by atoms with Gasteiger partial charge in [-0.05, 0) is 31.0 Å². The largest absolute Gasteiger partial charge is 0.394 e. The summed E-state index contributed by atoms with van der Waals surface area (Å²) >= 11 is 5.18. The molecule has 1 aromatic carbocycles. The predicted molar refractivity (Wildman–Crippen MR) is 74.8 cm³/mol. The third-order valence-corrected chi connectivity index (χ3v) is 4.72. The van der Waals surface area contributed by atoms with E-state index >= 15 is 0 Å². The van der Waals surface area contributed by atoms with E-state index in [-0.39, 0.29) is 12.6 Å². The van der Waals surface area contributed by atoms with E-state index in [0.29, 0.717) is 0 Å². The molecule has 0 spiro atoms. The molecule has 1 saturated heterocycles. The number of benzene rings is 1. The Morgan fingerprint density at radius 2 is 2.41 bits per heavy atom. The van der Waals surface area contributed by atoms with E-state index in [1.807, 2.05) is 12.1 Å². The molecule has 1 aliphatic rings. The van der Waals surface area contributed by atoms with Crippen molar-refractivity contribution in [1.29, 1.82) is 0 Å². The highest BCUT2D eigenvalue weighted by Crippen LogP contribution is 2.34. The molecular formula is C12H13BrN2OS. The number of fused-ring (bicyclic) bond motifs is 1. The molecule has 0 saturated carbocycles. The summed E-state index contributed by atoms with van der Waals surface area (Å²) in [5, 5.41) is 10.4. The van der Waals surface area contributed by atoms with Crippen LogP contribution in [0.5, 0.6) is 0 Å². The fraction of sp³-hybridized carbons (Fsp3) is 0.417. The van der Waals surface area contributed by atoms with Gasteiger partial charge in [-0.2, -0.15) is 0 Å². The van der Waals surface area contributed by atoms with Gasteiger partial charge in [0.15, 0.2) is 5.13 Å². The van der Waals surface area contributed by atoms with Crippen molar-refractivity contribution in [1.82, 2.24) is 4.98 Å². The van der Waals surface area contributed by atoms with Crippen molar-refractivity contribution >= 4 is 42.6 Å². The molecule has 0 radical (unpaired) electrons. The molecule has 0 amide bonds. The van der Waals surface area contributed by atoms with Gasteiger partial charge in [-0.3, -0.25) is 0 Å². The van der Waals surface area contributed by atoms with Crippen molar-refractivity contribution in [2.75, 3.05) is 18.1 Å². The maximum atomic E-state index is 9.34. The summed E-state index contributed by atoms with van der Waals surface area (Å²) in [7, 11) is 0. The normalized spacial score (nSPS) is 20.4. The van der Waals surface area contributed by atoms with E-state index in [0.717, 1.165) is 34.5 Å². The predicted octanol–water partition coefficient (Wildman–Crippen LogP) is 3.02. The van der Waals surface area contributed by atoms with Crippen LogP contribution in [0.15, 0.2) is 22.7 Å². The smallest absolute Gasteiger partial charge is 0.186 e. The van der Waals surface area contributed by atoms with Crippen molar-refractivity contribution < 1.29 is 5.11 Å². The second-order valence-electron chi connectivity index (χ2n) is 4.28. The monoisotopic (exact) mass is 312 g/mol. The van der Waals surface area contributed by atoms with Gasteiger partial charge < -0.3 is 10.0 Å². The van der Waals surface area contributed by atoms with E-state index in [2.05, 4.69) is 31.9 Å². The van der Waals surface area contributed by atoms with Gasteiger partial charge in [-0.1, -0.05) is 27.3 Å². The van der Waals surface area contributed by atoms with Crippen LogP contribution in [0.1, 0.15) is 12.8 Å². The first kappa shape index (κ1) is 11.4. The lowest BCUT2D eigenvalue weighted by Gasteiger charge is -2.21. The van der Waals surface area contributed by atoms with Crippen molar-refractivity contribution in [3.63, 3.8) is 0 Å². The second-order valence-corrected chi connectivity index (χ2v) is 6.21. The molecule has 1 fully saturated rings. The zero-order valence-corrected chi connectivity index (χ0v) is 11.7. The minimum atomic E-state index is 0.222. The molecule has 1 aromatic heterocycles. The van der Waals surface area contributed by atoms with Gasteiger partial charge >= 0.3 is 0 Å². The molecule has 3 nitrogen and oxygen atoms in total. The summed E-state index contributed by atoms with van der Waals surface area (Å²) in [4.78, 5) is 6.88. The van der Waals surface area contributed by atoms with Gasteiger partial charge in [0.25, 0.3) is 0 Å². The first-order valence-electron chi connectivity index (χ1n) is 5.71. The molecule has 90 valence electrons. The molecule has 1 atom stereocenters. The lowest BCUT2D eigenvalue weighted by Crippen LogP contribution is -2.31. The molecule has 1 aliphatic heterocycles. The molecule has 0 aliphatic carbocycles. The van der Waals surface area contributed by atoms with Crippen LogP contribution in [0.3, 0.4) is 0 Å². The summed E-state index contributed by atoms with van der Waals surface area (Å²) in [6.45, 7) is 1.23. The Morgan fingerprint density at radius 3 is 3.24 bits per heavy atom. The zero-order valence-electron chi connectivity index (χ0n) is 9.27. The van der Waals surface area contributed by atoms with E-state index in [1.54, 1.807) is 11.3 Å². The number of halogens is 1. The van der Waals surface area contributed by atoms with Crippen LogP contribution in [0.25, 0.3) is 10.2 Å². The maximum Gasteiger partial charge on any atom is 0.186 e. The van der Waals surface area contributed by atoms with Crippen molar-refractivity contribution in [2.24, 2.45) is 0 Å². The summed E-state index contributed by atoms with van der Waals surface area (Å²) in [5.41, 5.74) is 1.04. The average molecular weight is 313 g/mol. The zero-order chi connectivity index (χ0) is 11.8. The van der Waals surface area contributed by atoms with Crippen LogP contribution in [0.2, 0.25) is 0 Å². The minimum Gasteiger partial charge on any atom is -0.394 e. The van der Waals surface area contributed by atoms with Gasteiger partial charge in [0.1, 0.15) is 0 Å². The SMILES string of the molecule is OCC1CCCN1c1nc2ccc(Br)cc2s1. The molecule has 1 unspecified atom stereocenters. The topological polar surface area (TPSA) is 36.4 Å². The standard InChI is InChI=1S/C12H13BrN2OS/c13-8-3-4-10-11(6-8)17-12(14-10)15-5-1-2-9(15)7-16/h3-4,6,9,16H,1-2,5,7H2. The van der Waals surface area contributed by atoms with Gasteiger partial charge in [0, 0.05) is 11.0 Å². The molecule has 3 rings (SSSR count). The van der Waals surface area contributed by atoms with Crippen LogP contribution >= 0.6 is 27.3 Å². The van der Waals surface area contributed by atoms with Crippen LogP contribution in [-0.2, 0) is 0 Å². The fourth-order valence-electron chi connectivity index (χ4n) is 2.29. The molecular weight excluding hydrogens is 300 g/mol. The fourth-order valence-corrected chi connectivity index (χ4v) is 3.90. The minimum absolute atomic E-state index is 0.222. The third-order valence-electron chi connectivity index (χ3n) is 3.17. The van der Waals surface area contributed by atoms with Gasteiger partial charge in [0.05, 0.1) is 22.9 Å². The molecule has 2 aromatic rings. The average Bonchev–Trinajstić information content (AvgIpc) is 2.93. The van der Waals surface area contributed by atoms with E-state index in [9.17, 15) is 5.11 Å². The highest BCUT2D eigenvalue weighted by Gasteiger charge is 2.26. The Kier molecular flexibility index (Phi) is 3.06. The van der Waals surface area contributed by atoms with Crippen LogP contribution in [-0.4, -0.2) is 29.3 Å². The number of thiazole rings is 1. The Morgan fingerprint density at radius 1 is 1.53 bits per heavy atom. The Hall–Kier alpha value is -0.650. The number of hydrogen-bond acceptors (Lipinski definition) is 4. The van der Waals surface area contributed by atoms with Gasteiger partial charge in [-0.25, -0.2) is 4.98 Å². The number of nitrogens with zero attached hydrogens (tertiary/aromatic N) is 2. The first-order chi connectivity index (χ1) is 8.28. The van der Waals surface area contributed by atoms with E-state index < -0.39 is 0 Å². The van der Waals surface area contributed by atoms with Crippen LogP contribution in [0, 0.1) is 0 Å². The number of aliphatic hydroxyl groups is 1. The highest BCUT2D eigenvalue weighted by atomic mass is 79.9. The van der Waals surface area contributed by atoms with Crippen LogP contribution in [0.4, 0.5) is 5.13 Å². The molecule has 5 heteroatoms. The van der Waals surface area contributed by atoms with Gasteiger partial charge in [0.2, 0.25) is 0 Å². The molecule has 0 bridgehead atoms. The number of hydrogen-bond donors (Lipinski definition) is 1. The van der Waals surface area contributed by atoms with Crippen molar-refractivity contribution in [3.05, 3.63) is 22.7 Å². The molecule has 2 heterocycles. The first-order valence-corrected chi connectivity index (χ1v) is 7.32. The Bertz CT molecular complexity index is 542. The van der Waals surface area contributed by atoms with E-state index in [4.69, 9.17) is 0 Å². The molecule has 17 heavy (non-hydrogen) atoms. The number of aliphatic hydroxyl groups excluding tert-OH is 1. The van der Waals surface area contributed by atoms with Crippen molar-refractivity contribution in [3.8, 4) is 0 Å². The van der Waals surface area contributed by atoms with Gasteiger partial charge in [-0.15, -0.1) is 0 Å².